The molecule has 39 heavy (non-hydrogen) atoms. The first-order valence-electron chi connectivity index (χ1n) is 13.9. The molecule has 5 rings (SSSR count). The Kier molecular flexibility index (Phi) is 8.22. The van der Waals surface area contributed by atoms with Crippen LogP contribution in [0.3, 0.4) is 0 Å². The summed E-state index contributed by atoms with van der Waals surface area (Å²) in [5.74, 6) is 0.110. The van der Waals surface area contributed by atoms with Crippen molar-refractivity contribution in [3.63, 3.8) is 0 Å². The molecule has 1 aliphatic carbocycles. The van der Waals surface area contributed by atoms with Crippen LogP contribution in [0.15, 0.2) is 67.0 Å². The Balaban J connectivity index is 1.21. The molecule has 6 nitrogen and oxygen atoms in total. The quantitative estimate of drug-likeness (QED) is 0.403. The molecule has 0 radical (unpaired) electrons. The standard InChI is InChI=1S/C32H37ClN4O2/c1-32(2,28-8-3-4-9-29(28)33)31(39)35-21-24-7-5-6-22-10-11-23(20-27(22)24)30(38)36-25-14-18-37(19-15-25)26-12-16-34-17-13-26/h3-4,8-13,16-17,20,24-25H,5-7,14-15,18-19,21H2,1-2H3,(H,35,39)(H,36,38). The highest BCUT2D eigenvalue weighted by molar-refractivity contribution is 6.31. The fourth-order valence-electron chi connectivity index (χ4n) is 5.88. The van der Waals surface area contributed by atoms with Gasteiger partial charge in [0.2, 0.25) is 5.91 Å². The second-order valence-corrected chi connectivity index (χ2v) is 11.7. The van der Waals surface area contributed by atoms with Gasteiger partial charge in [0.05, 0.1) is 5.41 Å². The van der Waals surface area contributed by atoms with Gasteiger partial charge < -0.3 is 15.5 Å². The SMILES string of the molecule is CC(C)(C(=O)NCC1CCCc2ccc(C(=O)NC3CCN(c4ccncc4)CC3)cc21)c1ccccc1Cl. The number of piperidine rings is 1. The number of pyridine rings is 1. The summed E-state index contributed by atoms with van der Waals surface area (Å²) in [5, 5.41) is 7.04. The molecule has 2 heterocycles. The molecular weight excluding hydrogens is 508 g/mol. The molecule has 3 aromatic rings. The van der Waals surface area contributed by atoms with Gasteiger partial charge in [-0.15, -0.1) is 0 Å². The fourth-order valence-corrected chi connectivity index (χ4v) is 6.26. The molecule has 0 saturated carbocycles. The molecule has 1 fully saturated rings. The molecule has 2 amide bonds. The Bertz CT molecular complexity index is 1320. The van der Waals surface area contributed by atoms with Gasteiger partial charge in [-0.1, -0.05) is 35.9 Å². The summed E-state index contributed by atoms with van der Waals surface area (Å²) < 4.78 is 0. The first-order chi connectivity index (χ1) is 18.8. The highest BCUT2D eigenvalue weighted by Gasteiger charge is 2.32. The van der Waals surface area contributed by atoms with Crippen molar-refractivity contribution in [2.45, 2.75) is 63.3 Å². The van der Waals surface area contributed by atoms with Crippen molar-refractivity contribution in [2.24, 2.45) is 0 Å². The van der Waals surface area contributed by atoms with Gasteiger partial charge in [-0.2, -0.15) is 0 Å². The van der Waals surface area contributed by atoms with E-state index in [1.807, 2.05) is 74.8 Å². The normalized spacial score (nSPS) is 17.8. The summed E-state index contributed by atoms with van der Waals surface area (Å²) in [6.07, 6.45) is 8.51. The minimum atomic E-state index is -0.745. The highest BCUT2D eigenvalue weighted by Crippen LogP contribution is 2.34. The largest absolute Gasteiger partial charge is 0.371 e. The number of aromatic nitrogens is 1. The van der Waals surface area contributed by atoms with Crippen LogP contribution in [0, 0.1) is 0 Å². The van der Waals surface area contributed by atoms with Crippen LogP contribution in [-0.2, 0) is 16.6 Å². The summed E-state index contributed by atoms with van der Waals surface area (Å²) in [7, 11) is 0. The third kappa shape index (κ3) is 6.11. The third-order valence-corrected chi connectivity index (χ3v) is 8.66. The van der Waals surface area contributed by atoms with E-state index >= 15 is 0 Å². The lowest BCUT2D eigenvalue weighted by Crippen LogP contribution is -2.44. The predicted octanol–water partition coefficient (Wildman–Crippen LogP) is 5.65. The van der Waals surface area contributed by atoms with Crippen LogP contribution in [0.1, 0.15) is 72.5 Å². The number of amides is 2. The average molecular weight is 545 g/mol. The average Bonchev–Trinajstić information content (AvgIpc) is 2.96. The van der Waals surface area contributed by atoms with E-state index < -0.39 is 5.41 Å². The van der Waals surface area contributed by atoms with Gasteiger partial charge in [-0.25, -0.2) is 0 Å². The second-order valence-electron chi connectivity index (χ2n) is 11.3. The predicted molar refractivity (Wildman–Crippen MR) is 157 cm³/mol. The van der Waals surface area contributed by atoms with Crippen LogP contribution in [0.5, 0.6) is 0 Å². The van der Waals surface area contributed by atoms with Gasteiger partial charge in [-0.05, 0) is 93.0 Å². The number of benzene rings is 2. The number of nitrogens with zero attached hydrogens (tertiary/aromatic N) is 2. The number of halogens is 1. The summed E-state index contributed by atoms with van der Waals surface area (Å²) in [4.78, 5) is 32.9. The minimum absolute atomic E-state index is 0.0200. The van der Waals surface area contributed by atoms with E-state index in [1.165, 1.54) is 16.8 Å². The number of aryl methyl sites for hydroxylation is 1. The lowest BCUT2D eigenvalue weighted by Gasteiger charge is -2.34. The van der Waals surface area contributed by atoms with Crippen LogP contribution in [0.25, 0.3) is 0 Å². The molecule has 7 heteroatoms. The van der Waals surface area contributed by atoms with Crippen LogP contribution in [0.2, 0.25) is 5.02 Å². The van der Waals surface area contributed by atoms with Gasteiger partial charge in [-0.3, -0.25) is 14.6 Å². The third-order valence-electron chi connectivity index (χ3n) is 8.33. The van der Waals surface area contributed by atoms with Crippen molar-refractivity contribution in [1.29, 1.82) is 0 Å². The van der Waals surface area contributed by atoms with Crippen molar-refractivity contribution in [3.05, 3.63) is 94.3 Å². The number of hydrogen-bond acceptors (Lipinski definition) is 4. The molecule has 0 bridgehead atoms. The second kappa shape index (κ2) is 11.8. The molecular formula is C32H37ClN4O2. The van der Waals surface area contributed by atoms with Crippen LogP contribution in [0.4, 0.5) is 5.69 Å². The van der Waals surface area contributed by atoms with E-state index in [1.54, 1.807) is 0 Å². The van der Waals surface area contributed by atoms with E-state index in [0.717, 1.165) is 50.8 Å². The molecule has 1 atom stereocenters. The number of rotatable bonds is 7. The maximum atomic E-state index is 13.2. The van der Waals surface area contributed by atoms with Gasteiger partial charge in [0.25, 0.3) is 5.91 Å². The van der Waals surface area contributed by atoms with Crippen molar-refractivity contribution in [3.8, 4) is 0 Å². The molecule has 2 N–H and O–H groups in total. The number of carbonyl (C=O) groups is 2. The molecule has 2 aliphatic rings. The number of carbonyl (C=O) groups excluding carboxylic acids is 2. The summed E-state index contributed by atoms with van der Waals surface area (Å²) in [6, 6.07) is 17.8. The zero-order valence-electron chi connectivity index (χ0n) is 22.8. The Morgan fingerprint density at radius 1 is 1.03 bits per heavy atom. The Morgan fingerprint density at radius 3 is 2.51 bits per heavy atom. The molecule has 1 unspecified atom stereocenters. The minimum Gasteiger partial charge on any atom is -0.371 e. The fraction of sp³-hybridized carbons (Fsp3) is 0.406. The number of anilines is 1. The maximum absolute atomic E-state index is 13.2. The lowest BCUT2D eigenvalue weighted by atomic mass is 9.80. The molecule has 0 spiro atoms. The number of hydrogen-bond donors (Lipinski definition) is 2. The van der Waals surface area contributed by atoms with E-state index in [0.29, 0.717) is 17.1 Å². The van der Waals surface area contributed by atoms with Crippen LogP contribution < -0.4 is 15.5 Å². The number of nitrogens with one attached hydrogen (secondary N) is 2. The number of fused-ring (bicyclic) bond motifs is 1. The monoisotopic (exact) mass is 544 g/mol. The van der Waals surface area contributed by atoms with Crippen molar-refractivity contribution in [1.82, 2.24) is 15.6 Å². The van der Waals surface area contributed by atoms with Gasteiger partial charge >= 0.3 is 0 Å². The van der Waals surface area contributed by atoms with E-state index in [-0.39, 0.29) is 23.8 Å². The molecule has 1 aliphatic heterocycles. The zero-order valence-corrected chi connectivity index (χ0v) is 23.5. The zero-order chi connectivity index (χ0) is 27.4. The summed E-state index contributed by atoms with van der Waals surface area (Å²) in [5.41, 5.74) is 4.40. The topological polar surface area (TPSA) is 74.3 Å². The Hall–Kier alpha value is -3.38. The summed E-state index contributed by atoms with van der Waals surface area (Å²) in [6.45, 7) is 6.17. The van der Waals surface area contributed by atoms with Gasteiger partial charge in [0, 0.05) is 60.3 Å². The molecule has 1 aromatic heterocycles. The summed E-state index contributed by atoms with van der Waals surface area (Å²) >= 11 is 6.40. The first kappa shape index (κ1) is 27.2. The maximum Gasteiger partial charge on any atom is 0.251 e. The van der Waals surface area contributed by atoms with E-state index in [9.17, 15) is 9.59 Å². The Labute approximate surface area is 236 Å². The first-order valence-corrected chi connectivity index (χ1v) is 14.3. The van der Waals surface area contributed by atoms with Crippen molar-refractivity contribution < 1.29 is 9.59 Å². The van der Waals surface area contributed by atoms with Crippen LogP contribution >= 0.6 is 11.6 Å². The van der Waals surface area contributed by atoms with Crippen LogP contribution in [-0.4, -0.2) is 42.5 Å². The molecule has 2 aromatic carbocycles. The smallest absolute Gasteiger partial charge is 0.251 e. The highest BCUT2D eigenvalue weighted by atomic mass is 35.5. The van der Waals surface area contributed by atoms with Crippen molar-refractivity contribution >= 4 is 29.1 Å². The van der Waals surface area contributed by atoms with E-state index in [2.05, 4.69) is 26.6 Å². The van der Waals surface area contributed by atoms with E-state index in [4.69, 9.17) is 11.6 Å². The van der Waals surface area contributed by atoms with Gasteiger partial charge in [0.15, 0.2) is 0 Å². The van der Waals surface area contributed by atoms with Gasteiger partial charge in [0.1, 0.15) is 0 Å². The lowest BCUT2D eigenvalue weighted by molar-refractivity contribution is -0.125. The Morgan fingerprint density at radius 2 is 1.77 bits per heavy atom. The van der Waals surface area contributed by atoms with Crippen molar-refractivity contribution in [2.75, 3.05) is 24.5 Å². The molecule has 1 saturated heterocycles. The molecule has 204 valence electrons.